The zero-order valence-electron chi connectivity index (χ0n) is 16.0. The van der Waals surface area contributed by atoms with Gasteiger partial charge in [-0.1, -0.05) is 0 Å². The number of methoxy groups -OCH3 is 1. The minimum atomic E-state index is -2.96. The molecular weight excluding hydrogens is 469 g/mol. The molecule has 0 saturated heterocycles. The van der Waals surface area contributed by atoms with Crippen LogP contribution in [0, 0.1) is 0 Å². The second kappa shape index (κ2) is 12.2. The molecule has 0 aliphatic heterocycles. The van der Waals surface area contributed by atoms with Crippen LogP contribution in [0.1, 0.15) is 20.3 Å². The molecule has 0 fully saturated rings. The quantitative estimate of drug-likeness (QED) is 0.307. The van der Waals surface area contributed by atoms with Crippen molar-refractivity contribution in [3.05, 3.63) is 24.3 Å². The second-order valence-electron chi connectivity index (χ2n) is 6.02. The Labute approximate surface area is 173 Å². The number of hydrogen-bond donors (Lipinski definition) is 2. The number of rotatable bonds is 9. The van der Waals surface area contributed by atoms with Crippen molar-refractivity contribution in [2.45, 2.75) is 32.4 Å². The van der Waals surface area contributed by atoms with Gasteiger partial charge in [0.05, 0.1) is 19.4 Å². The first-order valence-electron chi connectivity index (χ1n) is 8.19. The van der Waals surface area contributed by atoms with Gasteiger partial charge in [-0.05, 0) is 44.5 Å². The third-order valence-electron chi connectivity index (χ3n) is 3.48. The van der Waals surface area contributed by atoms with Crippen LogP contribution in [0.4, 0.5) is 0 Å². The van der Waals surface area contributed by atoms with E-state index < -0.39 is 9.84 Å². The highest BCUT2D eigenvalue weighted by Crippen LogP contribution is 2.17. The molecule has 0 amide bonds. The number of nitrogens with zero attached hydrogens (tertiary/aromatic N) is 1. The molecule has 2 N–H and O–H groups in total. The van der Waals surface area contributed by atoms with Crippen LogP contribution in [0.2, 0.25) is 0 Å². The molecule has 1 aromatic rings. The molecule has 2 unspecified atom stereocenters. The fourth-order valence-electron chi connectivity index (χ4n) is 2.06. The van der Waals surface area contributed by atoms with E-state index >= 15 is 0 Å². The lowest BCUT2D eigenvalue weighted by atomic mass is 10.3. The van der Waals surface area contributed by atoms with Crippen molar-refractivity contribution in [3.63, 3.8) is 0 Å². The molecule has 1 rings (SSSR count). The van der Waals surface area contributed by atoms with Crippen LogP contribution in [0.5, 0.6) is 11.5 Å². The third-order valence-corrected chi connectivity index (χ3v) is 4.46. The van der Waals surface area contributed by atoms with Crippen molar-refractivity contribution in [2.24, 2.45) is 4.99 Å². The van der Waals surface area contributed by atoms with Gasteiger partial charge in [0, 0.05) is 19.3 Å². The molecule has 0 spiro atoms. The van der Waals surface area contributed by atoms with E-state index in [-0.39, 0.29) is 41.9 Å². The van der Waals surface area contributed by atoms with Crippen LogP contribution in [0.15, 0.2) is 29.3 Å². The number of halogens is 1. The van der Waals surface area contributed by atoms with Gasteiger partial charge < -0.3 is 20.1 Å². The Morgan fingerprint density at radius 1 is 1.19 bits per heavy atom. The number of guanidine groups is 1. The molecule has 0 aromatic heterocycles. The minimum absolute atomic E-state index is 0. The fraction of sp³-hybridized carbons (Fsp3) is 0.588. The summed E-state index contributed by atoms with van der Waals surface area (Å²) in [4.78, 5) is 4.15. The second-order valence-corrected chi connectivity index (χ2v) is 8.28. The number of sulfone groups is 1. The number of hydrogen-bond acceptors (Lipinski definition) is 5. The van der Waals surface area contributed by atoms with Crippen LogP contribution in [-0.4, -0.2) is 59.2 Å². The molecule has 9 heteroatoms. The fourth-order valence-corrected chi connectivity index (χ4v) is 2.84. The Hall–Kier alpha value is -1.23. The number of nitrogens with one attached hydrogen (secondary N) is 2. The average Bonchev–Trinajstić information content (AvgIpc) is 2.56. The van der Waals surface area contributed by atoms with Crippen LogP contribution < -0.4 is 20.1 Å². The largest absolute Gasteiger partial charge is 0.497 e. The summed E-state index contributed by atoms with van der Waals surface area (Å²) in [7, 11) is 0.341. The van der Waals surface area contributed by atoms with E-state index in [4.69, 9.17) is 9.47 Å². The van der Waals surface area contributed by atoms with Gasteiger partial charge in [0.25, 0.3) is 0 Å². The van der Waals surface area contributed by atoms with E-state index in [0.29, 0.717) is 18.9 Å². The normalized spacial score (nSPS) is 14.0. The molecule has 7 nitrogen and oxygen atoms in total. The first-order valence-corrected chi connectivity index (χ1v) is 10.2. The van der Waals surface area contributed by atoms with Crippen molar-refractivity contribution in [2.75, 3.05) is 32.7 Å². The number of ether oxygens (including phenoxy) is 2. The molecule has 0 aliphatic rings. The van der Waals surface area contributed by atoms with Gasteiger partial charge >= 0.3 is 0 Å². The predicted octanol–water partition coefficient (Wildman–Crippen LogP) is 2.07. The third kappa shape index (κ3) is 10.7. The molecule has 0 aliphatic carbocycles. The lowest BCUT2D eigenvalue weighted by Gasteiger charge is -2.20. The Morgan fingerprint density at radius 2 is 1.77 bits per heavy atom. The van der Waals surface area contributed by atoms with Crippen LogP contribution in [0.25, 0.3) is 0 Å². The summed E-state index contributed by atoms with van der Waals surface area (Å²) < 4.78 is 33.4. The lowest BCUT2D eigenvalue weighted by Crippen LogP contribution is -2.45. The Kier molecular flexibility index (Phi) is 11.6. The molecule has 0 saturated carbocycles. The lowest BCUT2D eigenvalue weighted by molar-refractivity contribution is 0.223. The van der Waals surface area contributed by atoms with Gasteiger partial charge in [-0.3, -0.25) is 4.99 Å². The van der Waals surface area contributed by atoms with Crippen LogP contribution in [-0.2, 0) is 9.84 Å². The van der Waals surface area contributed by atoms with E-state index in [1.807, 2.05) is 38.1 Å². The molecule has 26 heavy (non-hydrogen) atoms. The molecule has 0 heterocycles. The topological polar surface area (TPSA) is 89.0 Å². The summed E-state index contributed by atoms with van der Waals surface area (Å²) in [6.07, 6.45) is 1.70. The van der Waals surface area contributed by atoms with E-state index in [2.05, 4.69) is 15.6 Å². The Balaban J connectivity index is 0.00000625. The van der Waals surface area contributed by atoms with Gasteiger partial charge in [-0.2, -0.15) is 0 Å². The van der Waals surface area contributed by atoms with Gasteiger partial charge in [-0.25, -0.2) is 8.42 Å². The van der Waals surface area contributed by atoms with Gasteiger partial charge in [0.1, 0.15) is 27.4 Å². The van der Waals surface area contributed by atoms with E-state index in [0.717, 1.165) is 11.5 Å². The maximum Gasteiger partial charge on any atom is 0.191 e. The van der Waals surface area contributed by atoms with Crippen molar-refractivity contribution < 1.29 is 17.9 Å². The van der Waals surface area contributed by atoms with Crippen molar-refractivity contribution in [3.8, 4) is 11.5 Å². The summed E-state index contributed by atoms with van der Waals surface area (Å²) in [5.41, 5.74) is 0. The van der Waals surface area contributed by atoms with Gasteiger partial charge in [0.2, 0.25) is 0 Å². The summed E-state index contributed by atoms with van der Waals surface area (Å²) in [6.45, 7) is 4.44. The van der Waals surface area contributed by atoms with Gasteiger partial charge in [-0.15, -0.1) is 24.0 Å². The average molecular weight is 499 g/mol. The number of benzene rings is 1. The molecule has 150 valence electrons. The minimum Gasteiger partial charge on any atom is -0.497 e. The van der Waals surface area contributed by atoms with E-state index in [1.165, 1.54) is 6.26 Å². The molecule has 2 atom stereocenters. The summed E-state index contributed by atoms with van der Waals surface area (Å²) >= 11 is 0. The highest BCUT2D eigenvalue weighted by molar-refractivity contribution is 14.0. The monoisotopic (exact) mass is 499 g/mol. The van der Waals surface area contributed by atoms with Crippen LogP contribution in [0.3, 0.4) is 0 Å². The number of aliphatic imine (C=N–C) groups is 1. The zero-order chi connectivity index (χ0) is 18.9. The molecular formula is C17H30IN3O4S. The maximum atomic E-state index is 11.2. The zero-order valence-corrected chi connectivity index (χ0v) is 19.1. The van der Waals surface area contributed by atoms with Crippen LogP contribution >= 0.6 is 24.0 Å². The Morgan fingerprint density at radius 3 is 2.27 bits per heavy atom. The summed E-state index contributed by atoms with van der Waals surface area (Å²) in [5.74, 6) is 2.31. The predicted molar refractivity (Wildman–Crippen MR) is 117 cm³/mol. The standard InChI is InChI=1S/C17H29N3O4S.HI/c1-13(10-11-25(5,21)22)20-17(18-3)19-12-14(2)24-16-8-6-15(23-4)7-9-16;/h6-9,13-14H,10-12H2,1-5H3,(H2,18,19,20);1H. The SMILES string of the molecule is CN=C(NCC(C)Oc1ccc(OC)cc1)NC(C)CCS(C)(=O)=O.I. The smallest absolute Gasteiger partial charge is 0.191 e. The van der Waals surface area contributed by atoms with E-state index in [1.54, 1.807) is 14.2 Å². The van der Waals surface area contributed by atoms with E-state index in [9.17, 15) is 8.42 Å². The van der Waals surface area contributed by atoms with Crippen molar-refractivity contribution >= 4 is 39.8 Å². The summed E-state index contributed by atoms with van der Waals surface area (Å²) in [5, 5.41) is 6.36. The van der Waals surface area contributed by atoms with Gasteiger partial charge in [0.15, 0.2) is 5.96 Å². The highest BCUT2D eigenvalue weighted by atomic mass is 127. The maximum absolute atomic E-state index is 11.2. The molecule has 0 bridgehead atoms. The first-order chi connectivity index (χ1) is 11.7. The Bertz CT molecular complexity index is 650. The highest BCUT2D eigenvalue weighted by Gasteiger charge is 2.11. The molecule has 1 aromatic carbocycles. The molecule has 0 radical (unpaired) electrons. The first kappa shape index (κ1) is 24.8. The summed E-state index contributed by atoms with van der Waals surface area (Å²) in [6, 6.07) is 7.41. The van der Waals surface area contributed by atoms with Crippen molar-refractivity contribution in [1.82, 2.24) is 10.6 Å². The van der Waals surface area contributed by atoms with Crippen molar-refractivity contribution in [1.29, 1.82) is 0 Å².